The maximum Gasteiger partial charge on any atom is 0.323 e. The van der Waals surface area contributed by atoms with Crippen LogP contribution in [0.4, 0.5) is 26.2 Å². The number of urea groups is 1. The molecule has 27 heavy (non-hydrogen) atoms. The van der Waals surface area contributed by atoms with Crippen molar-refractivity contribution in [2.75, 3.05) is 16.0 Å². The molecule has 0 bridgehead atoms. The number of allylic oxidation sites excluding steroid dienone is 1. The summed E-state index contributed by atoms with van der Waals surface area (Å²) in [6.45, 7) is 4.33. The number of nitrogens with one attached hydrogen (secondary N) is 3. The van der Waals surface area contributed by atoms with Crippen molar-refractivity contribution in [3.8, 4) is 0 Å². The lowest BCUT2D eigenvalue weighted by atomic mass is 10.1. The minimum Gasteiger partial charge on any atom is -0.401 e. The van der Waals surface area contributed by atoms with E-state index in [9.17, 15) is 9.18 Å². The van der Waals surface area contributed by atoms with Crippen LogP contribution in [0.3, 0.4) is 0 Å². The summed E-state index contributed by atoms with van der Waals surface area (Å²) in [5.41, 5.74) is 8.64. The third-order valence-electron chi connectivity index (χ3n) is 3.66. The van der Waals surface area contributed by atoms with Gasteiger partial charge in [0, 0.05) is 31.8 Å². The van der Waals surface area contributed by atoms with Gasteiger partial charge >= 0.3 is 6.03 Å². The fourth-order valence-electron chi connectivity index (χ4n) is 2.21. The molecule has 0 atom stereocenters. The van der Waals surface area contributed by atoms with Gasteiger partial charge in [-0.3, -0.25) is 0 Å². The zero-order chi connectivity index (χ0) is 18.9. The highest BCUT2D eigenvalue weighted by Gasteiger charge is 2.03. The highest BCUT2D eigenvalue weighted by molar-refractivity contribution is 5.99. The zero-order valence-corrected chi connectivity index (χ0v) is 15.8. The number of carbonyl (C=O) groups excluding carboxylic acids is 1. The van der Waals surface area contributed by atoms with Crippen LogP contribution in [0.2, 0.25) is 0 Å². The SMILES string of the molecule is CC(C)CC/C(N)=C/Nc1ccc(NC(=O)Nc2cccc(F)c2)cc1.N.[HH].[HH]. The Bertz CT molecular complexity index is 770. The lowest BCUT2D eigenvalue weighted by Crippen LogP contribution is -2.19. The van der Waals surface area contributed by atoms with Gasteiger partial charge in [0.15, 0.2) is 0 Å². The van der Waals surface area contributed by atoms with Crippen molar-refractivity contribution in [2.24, 2.45) is 11.7 Å². The second kappa shape index (κ2) is 10.8. The molecule has 0 aliphatic heterocycles. The molecule has 0 unspecified atom stereocenters. The van der Waals surface area contributed by atoms with E-state index in [1.807, 2.05) is 12.1 Å². The Morgan fingerprint density at radius 1 is 1.11 bits per heavy atom. The maximum absolute atomic E-state index is 13.1. The van der Waals surface area contributed by atoms with E-state index in [-0.39, 0.29) is 9.00 Å². The summed E-state index contributed by atoms with van der Waals surface area (Å²) in [4.78, 5) is 11.9. The van der Waals surface area contributed by atoms with Crippen molar-refractivity contribution in [3.63, 3.8) is 0 Å². The number of anilines is 3. The Morgan fingerprint density at radius 2 is 1.74 bits per heavy atom. The molecule has 6 nitrogen and oxygen atoms in total. The first-order valence-corrected chi connectivity index (χ1v) is 8.57. The number of amides is 2. The lowest BCUT2D eigenvalue weighted by Gasteiger charge is -2.09. The van der Waals surface area contributed by atoms with E-state index < -0.39 is 11.8 Å². The summed E-state index contributed by atoms with van der Waals surface area (Å²) in [7, 11) is 0. The first kappa shape index (κ1) is 22.0. The molecule has 2 aromatic carbocycles. The number of rotatable bonds is 7. The monoisotopic (exact) mass is 377 g/mol. The zero-order valence-electron chi connectivity index (χ0n) is 15.8. The van der Waals surface area contributed by atoms with Crippen molar-refractivity contribution >= 4 is 23.1 Å². The van der Waals surface area contributed by atoms with Crippen LogP contribution in [-0.2, 0) is 0 Å². The molecule has 8 N–H and O–H groups in total. The number of carbonyl (C=O) groups is 1. The van der Waals surface area contributed by atoms with E-state index in [1.54, 1.807) is 24.4 Å². The summed E-state index contributed by atoms with van der Waals surface area (Å²) >= 11 is 0. The predicted octanol–water partition coefficient (Wildman–Crippen LogP) is 5.77. The molecule has 0 aliphatic carbocycles. The summed E-state index contributed by atoms with van der Waals surface area (Å²) in [5.74, 6) is 0.213. The molecule has 0 saturated heterocycles. The summed E-state index contributed by atoms with van der Waals surface area (Å²) in [5, 5.41) is 8.41. The predicted molar refractivity (Wildman–Crippen MR) is 115 cm³/mol. The highest BCUT2D eigenvalue weighted by Crippen LogP contribution is 2.15. The number of halogens is 1. The van der Waals surface area contributed by atoms with Gasteiger partial charge in [0.1, 0.15) is 5.82 Å². The van der Waals surface area contributed by atoms with Crippen molar-refractivity contribution in [1.82, 2.24) is 6.15 Å². The molecule has 0 spiro atoms. The van der Waals surface area contributed by atoms with Gasteiger partial charge < -0.3 is 27.8 Å². The van der Waals surface area contributed by atoms with Gasteiger partial charge in [-0.2, -0.15) is 0 Å². The Labute approximate surface area is 162 Å². The van der Waals surface area contributed by atoms with E-state index in [2.05, 4.69) is 29.8 Å². The number of nitrogens with two attached hydrogens (primary N) is 1. The first-order chi connectivity index (χ1) is 12.4. The largest absolute Gasteiger partial charge is 0.401 e. The molecule has 0 aromatic heterocycles. The molecule has 0 fully saturated rings. The third kappa shape index (κ3) is 8.24. The van der Waals surface area contributed by atoms with Gasteiger partial charge in [0.25, 0.3) is 0 Å². The number of hydrogen-bond acceptors (Lipinski definition) is 4. The van der Waals surface area contributed by atoms with Crippen molar-refractivity contribution < 1.29 is 12.0 Å². The molecule has 0 heterocycles. The molecule has 0 saturated carbocycles. The Morgan fingerprint density at radius 3 is 2.37 bits per heavy atom. The van der Waals surface area contributed by atoms with Crippen LogP contribution in [0.1, 0.15) is 29.5 Å². The van der Waals surface area contributed by atoms with Crippen LogP contribution in [0.15, 0.2) is 60.4 Å². The summed E-state index contributed by atoms with van der Waals surface area (Å²) < 4.78 is 13.1. The van der Waals surface area contributed by atoms with E-state index in [1.165, 1.54) is 18.2 Å². The standard InChI is InChI=1S/C20H25FN4O.H3N.2H2/c1-14(2)6-7-16(22)13-23-17-8-10-18(11-9-17)24-20(26)25-19-5-3-4-15(21)12-19;;;/h3-5,8-14,23H,6-7,22H2,1-2H3,(H2,24,25,26);1H3;2*1H/b16-13-;;;. The van der Waals surface area contributed by atoms with Crippen LogP contribution in [0.5, 0.6) is 0 Å². The second-order valence-electron chi connectivity index (χ2n) is 6.46. The fraction of sp³-hybridized carbons (Fsp3) is 0.250. The molecular formula is C20H32FN5O. The van der Waals surface area contributed by atoms with E-state index >= 15 is 0 Å². The lowest BCUT2D eigenvalue weighted by molar-refractivity contribution is 0.262. The molecule has 0 radical (unpaired) electrons. The van der Waals surface area contributed by atoms with E-state index in [0.717, 1.165) is 24.2 Å². The Hall–Kier alpha value is -3.06. The molecule has 2 aromatic rings. The topological polar surface area (TPSA) is 114 Å². The average Bonchev–Trinajstić information content (AvgIpc) is 2.59. The normalized spacial score (nSPS) is 10.9. The van der Waals surface area contributed by atoms with Gasteiger partial charge in [-0.05, 0) is 61.2 Å². The van der Waals surface area contributed by atoms with E-state index in [0.29, 0.717) is 17.3 Å². The summed E-state index contributed by atoms with van der Waals surface area (Å²) in [6, 6.07) is 12.5. The van der Waals surface area contributed by atoms with Gasteiger partial charge in [0.2, 0.25) is 0 Å². The minimum atomic E-state index is -0.436. The van der Waals surface area contributed by atoms with E-state index in [4.69, 9.17) is 5.73 Å². The molecule has 150 valence electrons. The Balaban J connectivity index is 0. The number of benzene rings is 2. The molecule has 2 amide bonds. The number of hydrogen-bond donors (Lipinski definition) is 5. The molecule has 0 aliphatic rings. The van der Waals surface area contributed by atoms with Gasteiger partial charge in [-0.25, -0.2) is 9.18 Å². The Kier molecular flexibility index (Phi) is 8.81. The summed E-state index contributed by atoms with van der Waals surface area (Å²) in [6.07, 6.45) is 3.69. The third-order valence-corrected chi connectivity index (χ3v) is 3.66. The second-order valence-corrected chi connectivity index (χ2v) is 6.46. The van der Waals surface area contributed by atoms with Crippen LogP contribution < -0.4 is 27.8 Å². The van der Waals surface area contributed by atoms with Gasteiger partial charge in [0.05, 0.1) is 0 Å². The van der Waals surface area contributed by atoms with Crippen LogP contribution in [0.25, 0.3) is 0 Å². The van der Waals surface area contributed by atoms with Crippen LogP contribution in [-0.4, -0.2) is 6.03 Å². The highest BCUT2D eigenvalue weighted by atomic mass is 19.1. The molecular weight excluding hydrogens is 345 g/mol. The first-order valence-electron chi connectivity index (χ1n) is 8.57. The van der Waals surface area contributed by atoms with Crippen molar-refractivity contribution in [1.29, 1.82) is 0 Å². The van der Waals surface area contributed by atoms with Crippen LogP contribution in [0, 0.1) is 11.7 Å². The van der Waals surface area contributed by atoms with Gasteiger partial charge in [-0.15, -0.1) is 0 Å². The van der Waals surface area contributed by atoms with Crippen molar-refractivity contribution in [3.05, 3.63) is 66.2 Å². The molecule has 2 rings (SSSR count). The van der Waals surface area contributed by atoms with Crippen molar-refractivity contribution in [2.45, 2.75) is 26.7 Å². The minimum absolute atomic E-state index is 0. The van der Waals surface area contributed by atoms with Gasteiger partial charge in [-0.1, -0.05) is 19.9 Å². The van der Waals surface area contributed by atoms with Crippen LogP contribution >= 0.6 is 0 Å². The fourth-order valence-corrected chi connectivity index (χ4v) is 2.21. The maximum atomic E-state index is 13.1. The molecule has 7 heteroatoms. The smallest absolute Gasteiger partial charge is 0.323 e. The average molecular weight is 378 g/mol. The quantitative estimate of drug-likeness (QED) is 0.421.